The second-order valence-electron chi connectivity index (χ2n) is 5.63. The smallest absolute Gasteiger partial charge is 0.337 e. The van der Waals surface area contributed by atoms with Crippen LogP contribution in [-0.4, -0.2) is 24.8 Å². The molecule has 0 atom stereocenters. The van der Waals surface area contributed by atoms with Crippen LogP contribution in [0.2, 0.25) is 0 Å². The number of para-hydroxylation sites is 1. The van der Waals surface area contributed by atoms with Gasteiger partial charge in [-0.25, -0.2) is 4.79 Å². The van der Waals surface area contributed by atoms with Gasteiger partial charge in [-0.1, -0.05) is 44.4 Å². The predicted octanol–water partition coefficient (Wildman–Crippen LogP) is 5.34. The maximum absolute atomic E-state index is 11.7. The molecule has 1 heterocycles. The van der Waals surface area contributed by atoms with Crippen molar-refractivity contribution in [1.82, 2.24) is 0 Å². The number of benzene rings is 1. The van der Waals surface area contributed by atoms with Crippen LogP contribution in [0.1, 0.15) is 43.0 Å². The Labute approximate surface area is 152 Å². The SMILES string of the molecule is CCCCCCOc1c(/C=C(\C(=O)O)c2cccs2)cccc1OC. The van der Waals surface area contributed by atoms with Gasteiger partial charge in [-0.2, -0.15) is 0 Å². The van der Waals surface area contributed by atoms with Gasteiger partial charge in [0.25, 0.3) is 0 Å². The van der Waals surface area contributed by atoms with Crippen LogP contribution >= 0.6 is 11.3 Å². The maximum atomic E-state index is 11.7. The molecule has 1 aromatic heterocycles. The van der Waals surface area contributed by atoms with Gasteiger partial charge in [-0.05, 0) is 30.0 Å². The van der Waals surface area contributed by atoms with Crippen molar-refractivity contribution >= 4 is 29.0 Å². The number of carbonyl (C=O) groups is 1. The maximum Gasteiger partial charge on any atom is 0.337 e. The molecule has 5 heteroatoms. The van der Waals surface area contributed by atoms with Crippen LogP contribution < -0.4 is 9.47 Å². The number of hydrogen-bond donors (Lipinski definition) is 1. The minimum absolute atomic E-state index is 0.249. The Morgan fingerprint density at radius 1 is 1.20 bits per heavy atom. The number of hydrogen-bond acceptors (Lipinski definition) is 4. The molecule has 2 rings (SSSR count). The summed E-state index contributed by atoms with van der Waals surface area (Å²) in [4.78, 5) is 12.4. The van der Waals surface area contributed by atoms with Crippen LogP contribution in [0.5, 0.6) is 11.5 Å². The first-order valence-electron chi connectivity index (χ1n) is 8.46. The van der Waals surface area contributed by atoms with Gasteiger partial charge < -0.3 is 14.6 Å². The Kier molecular flexibility index (Phi) is 7.54. The number of aliphatic carboxylic acids is 1. The number of unbranched alkanes of at least 4 members (excludes halogenated alkanes) is 3. The van der Waals surface area contributed by atoms with E-state index in [9.17, 15) is 9.90 Å². The summed E-state index contributed by atoms with van der Waals surface area (Å²) in [6.07, 6.45) is 6.09. The van der Waals surface area contributed by atoms with Crippen molar-refractivity contribution in [1.29, 1.82) is 0 Å². The van der Waals surface area contributed by atoms with E-state index in [4.69, 9.17) is 9.47 Å². The molecule has 0 aliphatic carbocycles. The average molecular weight is 360 g/mol. The highest BCUT2D eigenvalue weighted by molar-refractivity contribution is 7.11. The molecule has 134 valence electrons. The number of methoxy groups -OCH3 is 1. The fraction of sp³-hybridized carbons (Fsp3) is 0.350. The molecule has 0 radical (unpaired) electrons. The second kappa shape index (κ2) is 9.89. The summed E-state index contributed by atoms with van der Waals surface area (Å²) in [5.74, 6) is 0.246. The van der Waals surface area contributed by atoms with Crippen LogP contribution in [-0.2, 0) is 4.79 Å². The fourth-order valence-corrected chi connectivity index (χ4v) is 3.22. The lowest BCUT2D eigenvalue weighted by atomic mass is 10.1. The second-order valence-corrected chi connectivity index (χ2v) is 6.58. The molecule has 0 spiro atoms. The number of carboxylic acids is 1. The lowest BCUT2D eigenvalue weighted by Crippen LogP contribution is -2.02. The van der Waals surface area contributed by atoms with E-state index in [2.05, 4.69) is 6.92 Å². The van der Waals surface area contributed by atoms with Crippen molar-refractivity contribution in [2.45, 2.75) is 32.6 Å². The third-order valence-electron chi connectivity index (χ3n) is 3.79. The Morgan fingerprint density at radius 2 is 2.04 bits per heavy atom. The Balaban J connectivity index is 2.29. The summed E-state index contributed by atoms with van der Waals surface area (Å²) in [6, 6.07) is 9.15. The minimum atomic E-state index is -0.959. The molecule has 0 unspecified atom stereocenters. The molecule has 0 fully saturated rings. The Hall–Kier alpha value is -2.27. The molecule has 0 aliphatic rings. The molecule has 2 aromatic rings. The highest BCUT2D eigenvalue weighted by Crippen LogP contribution is 2.34. The van der Waals surface area contributed by atoms with Gasteiger partial charge in [0.05, 0.1) is 19.3 Å². The highest BCUT2D eigenvalue weighted by atomic mass is 32.1. The van der Waals surface area contributed by atoms with E-state index >= 15 is 0 Å². The molecule has 25 heavy (non-hydrogen) atoms. The average Bonchev–Trinajstić information content (AvgIpc) is 3.13. The van der Waals surface area contributed by atoms with Crippen molar-refractivity contribution in [3.05, 3.63) is 46.2 Å². The van der Waals surface area contributed by atoms with Gasteiger partial charge in [0, 0.05) is 10.4 Å². The number of ether oxygens (including phenoxy) is 2. The van der Waals surface area contributed by atoms with Crippen LogP contribution in [0.15, 0.2) is 35.7 Å². The van der Waals surface area contributed by atoms with Crippen molar-refractivity contribution < 1.29 is 19.4 Å². The Morgan fingerprint density at radius 3 is 2.68 bits per heavy atom. The first kappa shape index (κ1) is 19.1. The minimum Gasteiger partial charge on any atom is -0.493 e. The topological polar surface area (TPSA) is 55.8 Å². The quantitative estimate of drug-likeness (QED) is 0.459. The van der Waals surface area contributed by atoms with Crippen LogP contribution in [0, 0.1) is 0 Å². The number of rotatable bonds is 10. The monoisotopic (exact) mass is 360 g/mol. The highest BCUT2D eigenvalue weighted by Gasteiger charge is 2.15. The summed E-state index contributed by atoms with van der Waals surface area (Å²) in [5, 5.41) is 11.4. The molecule has 0 saturated heterocycles. The molecule has 0 bridgehead atoms. The summed E-state index contributed by atoms with van der Waals surface area (Å²) in [6.45, 7) is 2.75. The molecule has 1 N–H and O–H groups in total. The molecule has 1 aromatic carbocycles. The van der Waals surface area contributed by atoms with E-state index in [0.717, 1.165) is 12.8 Å². The zero-order valence-corrected chi connectivity index (χ0v) is 15.5. The first-order valence-corrected chi connectivity index (χ1v) is 9.34. The largest absolute Gasteiger partial charge is 0.493 e. The molecule has 0 amide bonds. The van der Waals surface area contributed by atoms with E-state index in [1.54, 1.807) is 19.3 Å². The lowest BCUT2D eigenvalue weighted by molar-refractivity contribution is -0.130. The summed E-state index contributed by atoms with van der Waals surface area (Å²) in [7, 11) is 1.59. The van der Waals surface area contributed by atoms with Crippen molar-refractivity contribution in [2.24, 2.45) is 0 Å². The van der Waals surface area contributed by atoms with Crippen molar-refractivity contribution in [3.63, 3.8) is 0 Å². The predicted molar refractivity (Wildman–Crippen MR) is 102 cm³/mol. The van der Waals surface area contributed by atoms with E-state index in [1.807, 2.05) is 29.6 Å². The fourth-order valence-electron chi connectivity index (χ4n) is 2.49. The van der Waals surface area contributed by atoms with Gasteiger partial charge in [0.1, 0.15) is 0 Å². The van der Waals surface area contributed by atoms with Crippen molar-refractivity contribution in [3.8, 4) is 11.5 Å². The van der Waals surface area contributed by atoms with Crippen LogP contribution in [0.4, 0.5) is 0 Å². The summed E-state index contributed by atoms with van der Waals surface area (Å²) < 4.78 is 11.3. The van der Waals surface area contributed by atoms with E-state index in [0.29, 0.717) is 28.5 Å². The van der Waals surface area contributed by atoms with Gasteiger partial charge in [0.2, 0.25) is 0 Å². The number of carboxylic acid groups (broad SMARTS) is 1. The third kappa shape index (κ3) is 5.36. The zero-order valence-electron chi connectivity index (χ0n) is 14.7. The van der Waals surface area contributed by atoms with Crippen molar-refractivity contribution in [2.75, 3.05) is 13.7 Å². The Bertz CT molecular complexity index is 704. The van der Waals surface area contributed by atoms with E-state index in [-0.39, 0.29) is 5.57 Å². The summed E-state index contributed by atoms with van der Waals surface area (Å²) in [5.41, 5.74) is 0.958. The molecule has 4 nitrogen and oxygen atoms in total. The van der Waals surface area contributed by atoms with Gasteiger partial charge in [-0.15, -0.1) is 11.3 Å². The zero-order chi connectivity index (χ0) is 18.1. The third-order valence-corrected chi connectivity index (χ3v) is 4.69. The van der Waals surface area contributed by atoms with E-state index < -0.39 is 5.97 Å². The molecule has 0 saturated carbocycles. The van der Waals surface area contributed by atoms with Gasteiger partial charge in [0.15, 0.2) is 11.5 Å². The molecule has 0 aliphatic heterocycles. The van der Waals surface area contributed by atoms with Crippen LogP contribution in [0.25, 0.3) is 11.6 Å². The van der Waals surface area contributed by atoms with Gasteiger partial charge >= 0.3 is 5.97 Å². The summed E-state index contributed by atoms with van der Waals surface area (Å²) >= 11 is 1.40. The van der Waals surface area contributed by atoms with E-state index in [1.165, 1.54) is 24.2 Å². The number of thiophene rings is 1. The lowest BCUT2D eigenvalue weighted by Gasteiger charge is -2.14. The first-order chi connectivity index (χ1) is 12.2. The van der Waals surface area contributed by atoms with Crippen LogP contribution in [0.3, 0.4) is 0 Å². The molecular weight excluding hydrogens is 336 g/mol. The molecular formula is C20H24O4S. The normalized spacial score (nSPS) is 11.4. The standard InChI is InChI=1S/C20H24O4S/c1-3-4-5-6-12-24-19-15(9-7-10-17(19)23-2)14-16(20(21)22)18-11-8-13-25-18/h7-11,13-14H,3-6,12H2,1-2H3,(H,21,22)/b16-14-. The van der Waals surface area contributed by atoms with Gasteiger partial charge in [-0.3, -0.25) is 0 Å².